The summed E-state index contributed by atoms with van der Waals surface area (Å²) < 4.78 is 5.55. The third-order valence-electron chi connectivity index (χ3n) is 6.24. The molecule has 0 saturated carbocycles. The van der Waals surface area contributed by atoms with Crippen molar-refractivity contribution >= 4 is 5.91 Å². The molecule has 1 fully saturated rings. The summed E-state index contributed by atoms with van der Waals surface area (Å²) in [7, 11) is 0. The van der Waals surface area contributed by atoms with E-state index in [1.54, 1.807) is 0 Å². The lowest BCUT2D eigenvalue weighted by Gasteiger charge is -2.41. The van der Waals surface area contributed by atoms with Gasteiger partial charge in [0.1, 0.15) is 12.1 Å². The minimum absolute atomic E-state index is 0.229. The monoisotopic (exact) mass is 430 g/mol. The van der Waals surface area contributed by atoms with Crippen LogP contribution in [0, 0.1) is 5.41 Å². The smallest absolute Gasteiger partial charge is 0.225 e. The van der Waals surface area contributed by atoms with Gasteiger partial charge < -0.3 is 10.5 Å². The van der Waals surface area contributed by atoms with Crippen LogP contribution in [-0.4, -0.2) is 40.5 Å². The van der Waals surface area contributed by atoms with Crippen molar-refractivity contribution in [1.29, 1.82) is 0 Å². The molecule has 2 aromatic carbocycles. The fourth-order valence-corrected chi connectivity index (χ4v) is 4.67. The lowest BCUT2D eigenvalue weighted by molar-refractivity contribution is -0.131. The number of benzene rings is 2. The van der Waals surface area contributed by atoms with E-state index in [9.17, 15) is 4.79 Å². The van der Waals surface area contributed by atoms with Gasteiger partial charge in [0.05, 0.1) is 12.0 Å². The second-order valence-electron chi connectivity index (χ2n) is 8.50. The highest BCUT2D eigenvalue weighted by atomic mass is 16.5. The van der Waals surface area contributed by atoms with Gasteiger partial charge in [-0.05, 0) is 61.6 Å². The molecule has 0 bridgehead atoms. The Morgan fingerprint density at radius 3 is 2.59 bits per heavy atom. The number of carbonyl (C=O) groups excluding carboxylic acids is 1. The second-order valence-corrected chi connectivity index (χ2v) is 8.50. The van der Waals surface area contributed by atoms with Crippen molar-refractivity contribution < 1.29 is 9.53 Å². The van der Waals surface area contributed by atoms with E-state index < -0.39 is 5.41 Å². The number of amides is 1. The van der Waals surface area contributed by atoms with Crippen molar-refractivity contribution in [3.63, 3.8) is 0 Å². The number of piperidine rings is 1. The van der Waals surface area contributed by atoms with E-state index in [-0.39, 0.29) is 5.91 Å². The molecule has 1 aliphatic heterocycles. The molecule has 0 unspecified atom stereocenters. The first-order valence-corrected chi connectivity index (χ1v) is 11.2. The number of primary amides is 1. The molecule has 1 amide bonds. The van der Waals surface area contributed by atoms with Crippen LogP contribution in [0.25, 0.3) is 11.1 Å². The van der Waals surface area contributed by atoms with Gasteiger partial charge in [0.25, 0.3) is 0 Å². The number of likely N-dealkylation sites (tertiary alicyclic amines) is 1. The molecule has 3 aromatic rings. The van der Waals surface area contributed by atoms with Crippen molar-refractivity contribution in [1.82, 2.24) is 14.9 Å². The SMILES string of the molecule is CCOc1ccc(CN2CCC[C@](Cc3ccccc3-c3cncnc3)(C(N)=O)C2)cc1. The minimum atomic E-state index is -0.602. The highest BCUT2D eigenvalue weighted by Crippen LogP contribution is 2.37. The average Bonchev–Trinajstić information content (AvgIpc) is 2.82. The van der Waals surface area contributed by atoms with Gasteiger partial charge >= 0.3 is 0 Å². The number of hydrogen-bond donors (Lipinski definition) is 1. The summed E-state index contributed by atoms with van der Waals surface area (Å²) in [5.74, 6) is 0.649. The largest absolute Gasteiger partial charge is 0.494 e. The Morgan fingerprint density at radius 2 is 1.88 bits per heavy atom. The van der Waals surface area contributed by atoms with E-state index in [1.165, 1.54) is 11.9 Å². The number of nitrogens with zero attached hydrogens (tertiary/aromatic N) is 3. The van der Waals surface area contributed by atoms with Crippen LogP contribution in [0.3, 0.4) is 0 Å². The minimum Gasteiger partial charge on any atom is -0.494 e. The number of carbonyl (C=O) groups is 1. The first-order chi connectivity index (χ1) is 15.6. The number of rotatable bonds is 8. The van der Waals surface area contributed by atoms with Crippen molar-refractivity contribution in [2.45, 2.75) is 32.7 Å². The molecular weight excluding hydrogens is 400 g/mol. The lowest BCUT2D eigenvalue weighted by atomic mass is 9.73. The maximum absolute atomic E-state index is 12.8. The molecule has 0 radical (unpaired) electrons. The summed E-state index contributed by atoms with van der Waals surface area (Å²) in [6.45, 7) is 5.03. The van der Waals surface area contributed by atoms with Crippen molar-refractivity contribution in [3.8, 4) is 16.9 Å². The van der Waals surface area contributed by atoms with Crippen LogP contribution in [0.2, 0.25) is 0 Å². The van der Waals surface area contributed by atoms with E-state index in [4.69, 9.17) is 10.5 Å². The number of aromatic nitrogens is 2. The molecule has 1 aliphatic rings. The zero-order valence-electron chi connectivity index (χ0n) is 18.5. The van der Waals surface area contributed by atoms with Crippen LogP contribution in [0.5, 0.6) is 5.75 Å². The molecule has 1 atom stereocenters. The first-order valence-electron chi connectivity index (χ1n) is 11.2. The zero-order valence-corrected chi connectivity index (χ0v) is 18.5. The quantitative estimate of drug-likeness (QED) is 0.587. The summed E-state index contributed by atoms with van der Waals surface area (Å²) in [5, 5.41) is 0. The van der Waals surface area contributed by atoms with Gasteiger partial charge in [-0.15, -0.1) is 0 Å². The second kappa shape index (κ2) is 9.92. The summed E-state index contributed by atoms with van der Waals surface area (Å²) in [5.41, 5.74) is 9.75. The molecule has 1 aromatic heterocycles. The molecule has 1 saturated heterocycles. The van der Waals surface area contributed by atoms with E-state index >= 15 is 0 Å². The normalized spacial score (nSPS) is 18.9. The fourth-order valence-electron chi connectivity index (χ4n) is 4.67. The van der Waals surface area contributed by atoms with Gasteiger partial charge in [0.2, 0.25) is 5.91 Å². The van der Waals surface area contributed by atoms with Gasteiger partial charge in [0, 0.05) is 31.0 Å². The molecule has 2 heterocycles. The van der Waals surface area contributed by atoms with E-state index in [0.29, 0.717) is 19.6 Å². The van der Waals surface area contributed by atoms with Crippen molar-refractivity contribution in [2.24, 2.45) is 11.1 Å². The van der Waals surface area contributed by atoms with Crippen molar-refractivity contribution in [3.05, 3.63) is 78.4 Å². The zero-order chi connectivity index (χ0) is 22.4. The van der Waals surface area contributed by atoms with E-state index in [0.717, 1.165) is 48.4 Å². The predicted molar refractivity (Wildman–Crippen MR) is 125 cm³/mol. The molecule has 0 aliphatic carbocycles. The van der Waals surface area contributed by atoms with Gasteiger partial charge in [-0.1, -0.05) is 36.4 Å². The first kappa shape index (κ1) is 22.0. The Labute approximate surface area is 189 Å². The maximum atomic E-state index is 12.8. The van der Waals surface area contributed by atoms with Crippen molar-refractivity contribution in [2.75, 3.05) is 19.7 Å². The highest BCUT2D eigenvalue weighted by molar-refractivity contribution is 5.82. The van der Waals surface area contributed by atoms with Crippen LogP contribution >= 0.6 is 0 Å². The Kier molecular flexibility index (Phi) is 6.81. The molecule has 166 valence electrons. The number of hydrogen-bond acceptors (Lipinski definition) is 5. The Bertz CT molecular complexity index is 1040. The Balaban J connectivity index is 1.55. The topological polar surface area (TPSA) is 81.3 Å². The van der Waals surface area contributed by atoms with E-state index in [2.05, 4.69) is 39.1 Å². The summed E-state index contributed by atoms with van der Waals surface area (Å²) in [4.78, 5) is 23.5. The van der Waals surface area contributed by atoms with Gasteiger partial charge in [-0.25, -0.2) is 9.97 Å². The van der Waals surface area contributed by atoms with E-state index in [1.807, 2.05) is 43.6 Å². The Hall–Kier alpha value is -3.25. The summed E-state index contributed by atoms with van der Waals surface area (Å²) >= 11 is 0. The molecular formula is C26H30N4O2. The highest BCUT2D eigenvalue weighted by Gasteiger charge is 2.41. The fraction of sp³-hybridized carbons (Fsp3) is 0.346. The van der Waals surface area contributed by atoms with Crippen LogP contribution in [0.4, 0.5) is 0 Å². The molecule has 0 spiro atoms. The third-order valence-corrected chi connectivity index (χ3v) is 6.24. The molecule has 4 rings (SSSR count). The molecule has 6 nitrogen and oxygen atoms in total. The summed E-state index contributed by atoms with van der Waals surface area (Å²) in [6, 6.07) is 16.3. The van der Waals surface area contributed by atoms with Gasteiger partial charge in [-0.2, -0.15) is 0 Å². The van der Waals surface area contributed by atoms with Gasteiger partial charge in [0.15, 0.2) is 0 Å². The number of ether oxygens (including phenoxy) is 1. The third kappa shape index (κ3) is 4.97. The van der Waals surface area contributed by atoms with Crippen LogP contribution in [0.15, 0.2) is 67.3 Å². The molecule has 6 heteroatoms. The van der Waals surface area contributed by atoms with Crippen LogP contribution in [-0.2, 0) is 17.8 Å². The predicted octanol–water partition coefficient (Wildman–Crippen LogP) is 3.85. The molecule has 2 N–H and O–H groups in total. The molecule has 32 heavy (non-hydrogen) atoms. The lowest BCUT2D eigenvalue weighted by Crippen LogP contribution is -2.51. The average molecular weight is 431 g/mol. The van der Waals surface area contributed by atoms with Crippen LogP contribution in [0.1, 0.15) is 30.9 Å². The standard InChI is InChI=1S/C26H30N4O2/c1-2-32-23-10-8-20(9-11-23)17-30-13-5-12-26(18-30,25(27)31)14-21-6-3-4-7-24(21)22-15-28-19-29-16-22/h3-4,6-11,15-16,19H,2,5,12-14,17-18H2,1H3,(H2,27,31)/t26-/m1/s1. The van der Waals surface area contributed by atoms with Gasteiger partial charge in [-0.3, -0.25) is 9.69 Å². The van der Waals surface area contributed by atoms with Crippen LogP contribution < -0.4 is 10.5 Å². The maximum Gasteiger partial charge on any atom is 0.225 e. The summed E-state index contributed by atoms with van der Waals surface area (Å²) in [6.07, 6.45) is 7.48. The Morgan fingerprint density at radius 1 is 1.12 bits per heavy atom. The number of nitrogens with two attached hydrogens (primary N) is 1.